The minimum Gasteiger partial charge on any atom is -0.463 e. The molecule has 4 atom stereocenters. The lowest BCUT2D eigenvalue weighted by atomic mass is 10.0. The van der Waals surface area contributed by atoms with E-state index >= 15 is 0 Å². The predicted octanol–water partition coefficient (Wildman–Crippen LogP) is 0.510. The molecular formula is C14H24O7. The molecule has 1 fully saturated rings. The second-order valence-corrected chi connectivity index (χ2v) is 5.07. The van der Waals surface area contributed by atoms with Crippen LogP contribution in [0.4, 0.5) is 0 Å². The fourth-order valence-corrected chi connectivity index (χ4v) is 2.08. The van der Waals surface area contributed by atoms with Crippen molar-refractivity contribution in [3.8, 4) is 0 Å². The highest BCUT2D eigenvalue weighted by molar-refractivity contribution is 5.70. The lowest BCUT2D eigenvalue weighted by molar-refractivity contribution is -0.249. The summed E-state index contributed by atoms with van der Waals surface area (Å²) < 4.78 is 15.4. The Hall–Kier alpha value is -1.18. The van der Waals surface area contributed by atoms with Gasteiger partial charge in [-0.2, -0.15) is 0 Å². The van der Waals surface area contributed by atoms with Crippen molar-refractivity contribution >= 4 is 11.9 Å². The van der Waals surface area contributed by atoms with Crippen LogP contribution in [-0.4, -0.2) is 53.4 Å². The van der Waals surface area contributed by atoms with E-state index in [1.807, 2.05) is 13.8 Å². The van der Waals surface area contributed by atoms with Gasteiger partial charge in [0.15, 0.2) is 12.4 Å². The van der Waals surface area contributed by atoms with Crippen LogP contribution >= 0.6 is 0 Å². The molecule has 1 rings (SSSR count). The maximum atomic E-state index is 11.6. The molecule has 0 radical (unpaired) electrons. The van der Waals surface area contributed by atoms with Gasteiger partial charge in [0.05, 0.1) is 6.10 Å². The molecule has 0 aliphatic carbocycles. The Kier molecular flexibility index (Phi) is 7.63. The van der Waals surface area contributed by atoms with Gasteiger partial charge in [-0.3, -0.25) is 9.59 Å². The Morgan fingerprint density at radius 2 is 1.76 bits per heavy atom. The van der Waals surface area contributed by atoms with Gasteiger partial charge in [0.2, 0.25) is 0 Å². The zero-order valence-electron chi connectivity index (χ0n) is 12.5. The fourth-order valence-electron chi connectivity index (χ4n) is 2.08. The third-order valence-corrected chi connectivity index (χ3v) is 3.11. The average Bonchev–Trinajstić information content (AvgIpc) is 2.40. The highest BCUT2D eigenvalue weighted by Crippen LogP contribution is 2.23. The van der Waals surface area contributed by atoms with Crippen molar-refractivity contribution in [3.63, 3.8) is 0 Å². The summed E-state index contributed by atoms with van der Waals surface area (Å²) in [6, 6.07) is 0. The van der Waals surface area contributed by atoms with E-state index in [9.17, 15) is 19.8 Å². The van der Waals surface area contributed by atoms with E-state index in [2.05, 4.69) is 0 Å². The molecule has 0 bridgehead atoms. The molecule has 0 aromatic carbocycles. The number of esters is 2. The summed E-state index contributed by atoms with van der Waals surface area (Å²) in [7, 11) is 0. The summed E-state index contributed by atoms with van der Waals surface area (Å²) in [5.41, 5.74) is 0. The molecule has 1 saturated heterocycles. The maximum absolute atomic E-state index is 11.6. The van der Waals surface area contributed by atoms with Gasteiger partial charge in [0.25, 0.3) is 0 Å². The zero-order valence-corrected chi connectivity index (χ0v) is 12.5. The molecule has 21 heavy (non-hydrogen) atoms. The van der Waals surface area contributed by atoms with Crippen LogP contribution < -0.4 is 0 Å². The van der Waals surface area contributed by atoms with Crippen LogP contribution in [-0.2, 0) is 23.8 Å². The molecule has 0 aromatic rings. The third-order valence-electron chi connectivity index (χ3n) is 3.11. The molecular weight excluding hydrogens is 280 g/mol. The first-order valence-corrected chi connectivity index (χ1v) is 7.34. The van der Waals surface area contributed by atoms with E-state index in [-0.39, 0.29) is 25.9 Å². The molecule has 0 spiro atoms. The number of carbonyl (C=O) groups is 2. The van der Waals surface area contributed by atoms with Gasteiger partial charge in [-0.05, 0) is 12.8 Å². The highest BCUT2D eigenvalue weighted by Gasteiger charge is 2.40. The van der Waals surface area contributed by atoms with Crippen molar-refractivity contribution in [2.75, 3.05) is 6.61 Å². The summed E-state index contributed by atoms with van der Waals surface area (Å²) in [5, 5.41) is 19.4. The summed E-state index contributed by atoms with van der Waals surface area (Å²) in [6.45, 7) is 3.51. The van der Waals surface area contributed by atoms with E-state index in [0.29, 0.717) is 12.8 Å². The van der Waals surface area contributed by atoms with Gasteiger partial charge < -0.3 is 24.4 Å². The van der Waals surface area contributed by atoms with Crippen LogP contribution in [0, 0.1) is 0 Å². The third kappa shape index (κ3) is 5.99. The van der Waals surface area contributed by atoms with E-state index in [1.54, 1.807) is 0 Å². The normalized spacial score (nSPS) is 29.0. The minimum atomic E-state index is -1.17. The Morgan fingerprint density at radius 1 is 1.14 bits per heavy atom. The van der Waals surface area contributed by atoms with Gasteiger partial charge in [-0.1, -0.05) is 13.8 Å². The molecule has 7 nitrogen and oxygen atoms in total. The average molecular weight is 304 g/mol. The SMILES string of the molecule is CCCC(=O)OC[C@H]1OC(O)C[C@@H](O)[C@@H]1OC(=O)CCC. The molecule has 1 heterocycles. The topological polar surface area (TPSA) is 102 Å². The first-order chi connectivity index (χ1) is 9.97. The van der Waals surface area contributed by atoms with E-state index in [4.69, 9.17) is 14.2 Å². The minimum absolute atomic E-state index is 0.0521. The van der Waals surface area contributed by atoms with Crippen molar-refractivity contribution in [2.24, 2.45) is 0 Å². The maximum Gasteiger partial charge on any atom is 0.306 e. The number of ether oxygens (including phenoxy) is 3. The first kappa shape index (κ1) is 17.9. The Morgan fingerprint density at radius 3 is 2.38 bits per heavy atom. The van der Waals surface area contributed by atoms with Gasteiger partial charge in [0.1, 0.15) is 12.7 Å². The molecule has 0 aromatic heterocycles. The van der Waals surface area contributed by atoms with Crippen LogP contribution in [0.15, 0.2) is 0 Å². The number of rotatable bonds is 7. The Bertz CT molecular complexity index is 344. The first-order valence-electron chi connectivity index (χ1n) is 7.34. The lowest BCUT2D eigenvalue weighted by Crippen LogP contribution is -2.52. The van der Waals surface area contributed by atoms with Gasteiger partial charge in [-0.15, -0.1) is 0 Å². The molecule has 0 amide bonds. The Labute approximate surface area is 124 Å². The molecule has 122 valence electrons. The van der Waals surface area contributed by atoms with Crippen molar-refractivity contribution in [3.05, 3.63) is 0 Å². The smallest absolute Gasteiger partial charge is 0.306 e. The van der Waals surface area contributed by atoms with Crippen molar-refractivity contribution in [1.82, 2.24) is 0 Å². The van der Waals surface area contributed by atoms with Crippen LogP contribution in [0.3, 0.4) is 0 Å². The second kappa shape index (κ2) is 8.96. The summed E-state index contributed by atoms with van der Waals surface area (Å²) in [6.07, 6.45) is -2.30. The molecule has 2 N–H and O–H groups in total. The Balaban J connectivity index is 2.60. The molecule has 1 aliphatic rings. The van der Waals surface area contributed by atoms with Gasteiger partial charge in [0, 0.05) is 19.3 Å². The standard InChI is InChI=1S/C14H24O7/c1-3-5-11(16)19-8-10-14(21-12(17)6-4-2)9(15)7-13(18)20-10/h9-10,13-15,18H,3-8H2,1-2H3/t9-,10-,13?,14+/m1/s1. The summed E-state index contributed by atoms with van der Waals surface area (Å²) >= 11 is 0. The van der Waals surface area contributed by atoms with Crippen LogP contribution in [0.25, 0.3) is 0 Å². The summed E-state index contributed by atoms with van der Waals surface area (Å²) in [5.74, 6) is -0.847. The second-order valence-electron chi connectivity index (χ2n) is 5.07. The van der Waals surface area contributed by atoms with E-state index < -0.39 is 36.5 Å². The largest absolute Gasteiger partial charge is 0.463 e. The summed E-state index contributed by atoms with van der Waals surface area (Å²) in [4.78, 5) is 22.9. The monoisotopic (exact) mass is 304 g/mol. The highest BCUT2D eigenvalue weighted by atomic mass is 16.7. The number of aliphatic hydroxyl groups is 2. The fraction of sp³-hybridized carbons (Fsp3) is 0.857. The number of hydrogen-bond acceptors (Lipinski definition) is 7. The zero-order chi connectivity index (χ0) is 15.8. The molecule has 0 saturated carbocycles. The lowest BCUT2D eigenvalue weighted by Gasteiger charge is -2.36. The molecule has 7 heteroatoms. The van der Waals surface area contributed by atoms with Crippen molar-refractivity contribution in [1.29, 1.82) is 0 Å². The van der Waals surface area contributed by atoms with Crippen molar-refractivity contribution in [2.45, 2.75) is 70.6 Å². The van der Waals surface area contributed by atoms with Crippen LogP contribution in [0.5, 0.6) is 0 Å². The molecule has 1 unspecified atom stereocenters. The molecule has 1 aliphatic heterocycles. The van der Waals surface area contributed by atoms with E-state index in [0.717, 1.165) is 0 Å². The van der Waals surface area contributed by atoms with Gasteiger partial charge >= 0.3 is 11.9 Å². The van der Waals surface area contributed by atoms with Crippen molar-refractivity contribution < 1.29 is 34.0 Å². The predicted molar refractivity (Wildman–Crippen MR) is 72.2 cm³/mol. The number of aliphatic hydroxyl groups excluding tert-OH is 2. The van der Waals surface area contributed by atoms with Crippen LogP contribution in [0.1, 0.15) is 46.0 Å². The van der Waals surface area contributed by atoms with E-state index in [1.165, 1.54) is 0 Å². The quantitative estimate of drug-likeness (QED) is 0.661. The number of hydrogen-bond donors (Lipinski definition) is 2. The van der Waals surface area contributed by atoms with Crippen LogP contribution in [0.2, 0.25) is 0 Å². The van der Waals surface area contributed by atoms with Gasteiger partial charge in [-0.25, -0.2) is 0 Å². The number of carbonyl (C=O) groups excluding carboxylic acids is 2.